The number of nitrogens with zero attached hydrogens (tertiary/aromatic N) is 3. The van der Waals surface area contributed by atoms with Crippen LogP contribution in [0.5, 0.6) is 0 Å². The van der Waals surface area contributed by atoms with Crippen LogP contribution in [0, 0.1) is 6.92 Å². The second-order valence-electron chi connectivity index (χ2n) is 3.84. The molecule has 0 bridgehead atoms. The molecule has 0 aliphatic heterocycles. The van der Waals surface area contributed by atoms with Crippen molar-refractivity contribution in [3.05, 3.63) is 29.5 Å². The second kappa shape index (κ2) is 5.34. The molecule has 2 rings (SSSR count). The molecule has 0 unspecified atom stereocenters. The summed E-state index contributed by atoms with van der Waals surface area (Å²) >= 11 is 0. The lowest BCUT2D eigenvalue weighted by Crippen LogP contribution is -2.11. The smallest absolute Gasteiger partial charge is 0.337 e. The van der Waals surface area contributed by atoms with E-state index >= 15 is 0 Å². The zero-order valence-corrected chi connectivity index (χ0v) is 10.3. The molecular formula is C11H13N5O3. The van der Waals surface area contributed by atoms with Gasteiger partial charge in [0, 0.05) is 19.2 Å². The van der Waals surface area contributed by atoms with Gasteiger partial charge in [-0.3, -0.25) is 0 Å². The van der Waals surface area contributed by atoms with Crippen LogP contribution in [-0.4, -0.2) is 32.7 Å². The Labute approximate surface area is 108 Å². The standard InChI is InChI=1S/C11H13N5O3/c1-6-15-8(19-16-6)3-5-14-10-9(12)7(11(17)18)2-4-13-10/h2,4H,3,5,12H2,1H3,(H,13,14)(H,17,18). The van der Waals surface area contributed by atoms with E-state index < -0.39 is 5.97 Å². The van der Waals surface area contributed by atoms with Crippen LogP contribution in [0.4, 0.5) is 11.5 Å². The molecule has 100 valence electrons. The number of anilines is 2. The average Bonchev–Trinajstić information content (AvgIpc) is 2.77. The number of aromatic nitrogens is 3. The number of nitrogens with one attached hydrogen (secondary N) is 1. The van der Waals surface area contributed by atoms with Crippen LogP contribution in [0.15, 0.2) is 16.8 Å². The SMILES string of the molecule is Cc1noc(CCNc2nccc(C(=O)O)c2N)n1. The fourth-order valence-electron chi connectivity index (χ4n) is 1.53. The maximum Gasteiger partial charge on any atom is 0.337 e. The molecule has 0 aliphatic rings. The summed E-state index contributed by atoms with van der Waals surface area (Å²) in [6.07, 6.45) is 1.89. The minimum atomic E-state index is -1.09. The lowest BCUT2D eigenvalue weighted by molar-refractivity contribution is 0.0698. The molecule has 0 aromatic carbocycles. The van der Waals surface area contributed by atoms with Crippen molar-refractivity contribution in [1.82, 2.24) is 15.1 Å². The predicted octanol–water partition coefficient (Wildman–Crippen LogP) is 0.708. The first kappa shape index (κ1) is 12.8. The number of pyridine rings is 1. The first-order valence-corrected chi connectivity index (χ1v) is 5.58. The Morgan fingerprint density at radius 1 is 1.58 bits per heavy atom. The molecule has 4 N–H and O–H groups in total. The maximum absolute atomic E-state index is 10.9. The fourth-order valence-corrected chi connectivity index (χ4v) is 1.53. The minimum absolute atomic E-state index is 0.0196. The highest BCUT2D eigenvalue weighted by atomic mass is 16.5. The summed E-state index contributed by atoms with van der Waals surface area (Å²) < 4.78 is 4.95. The Balaban J connectivity index is 2.00. The minimum Gasteiger partial charge on any atom is -0.478 e. The number of aryl methyl sites for hydroxylation is 1. The topological polar surface area (TPSA) is 127 Å². The number of carboxylic acids is 1. The molecule has 0 saturated heterocycles. The largest absolute Gasteiger partial charge is 0.478 e. The van der Waals surface area contributed by atoms with Crippen molar-refractivity contribution >= 4 is 17.5 Å². The highest BCUT2D eigenvalue weighted by Crippen LogP contribution is 2.19. The summed E-state index contributed by atoms with van der Waals surface area (Å²) in [5.41, 5.74) is 5.84. The summed E-state index contributed by atoms with van der Waals surface area (Å²) in [6, 6.07) is 1.35. The molecule has 2 aromatic rings. The van der Waals surface area contributed by atoms with Crippen LogP contribution in [0.1, 0.15) is 22.1 Å². The van der Waals surface area contributed by atoms with Crippen molar-refractivity contribution in [3.63, 3.8) is 0 Å². The second-order valence-corrected chi connectivity index (χ2v) is 3.84. The number of hydrogen-bond acceptors (Lipinski definition) is 7. The van der Waals surface area contributed by atoms with E-state index in [1.807, 2.05) is 0 Å². The van der Waals surface area contributed by atoms with Crippen LogP contribution in [0.3, 0.4) is 0 Å². The van der Waals surface area contributed by atoms with Crippen LogP contribution >= 0.6 is 0 Å². The van der Waals surface area contributed by atoms with Crippen molar-refractivity contribution in [3.8, 4) is 0 Å². The number of hydrogen-bond donors (Lipinski definition) is 3. The third kappa shape index (κ3) is 2.97. The van der Waals surface area contributed by atoms with E-state index in [0.29, 0.717) is 30.5 Å². The van der Waals surface area contributed by atoms with Crippen molar-refractivity contribution in [2.24, 2.45) is 0 Å². The number of aromatic carboxylic acids is 1. The fraction of sp³-hybridized carbons (Fsp3) is 0.273. The Morgan fingerprint density at radius 3 is 3.00 bits per heavy atom. The number of nitrogens with two attached hydrogens (primary N) is 1. The van der Waals surface area contributed by atoms with Crippen molar-refractivity contribution in [2.45, 2.75) is 13.3 Å². The van der Waals surface area contributed by atoms with E-state index in [-0.39, 0.29) is 11.3 Å². The number of carbonyl (C=O) groups is 1. The van der Waals surface area contributed by atoms with E-state index in [1.54, 1.807) is 6.92 Å². The molecular weight excluding hydrogens is 250 g/mol. The van der Waals surface area contributed by atoms with Gasteiger partial charge < -0.3 is 20.7 Å². The third-order valence-corrected chi connectivity index (χ3v) is 2.42. The van der Waals surface area contributed by atoms with E-state index in [2.05, 4.69) is 20.4 Å². The maximum atomic E-state index is 10.9. The van der Waals surface area contributed by atoms with Crippen LogP contribution in [-0.2, 0) is 6.42 Å². The van der Waals surface area contributed by atoms with Crippen molar-refractivity contribution in [1.29, 1.82) is 0 Å². The summed E-state index contributed by atoms with van der Waals surface area (Å²) in [5, 5.41) is 15.5. The van der Waals surface area contributed by atoms with E-state index in [4.69, 9.17) is 15.4 Å². The summed E-state index contributed by atoms with van der Waals surface area (Å²) in [6.45, 7) is 2.19. The van der Waals surface area contributed by atoms with Gasteiger partial charge in [0.05, 0.1) is 11.3 Å². The molecule has 0 saturated carbocycles. The van der Waals surface area contributed by atoms with Gasteiger partial charge >= 0.3 is 5.97 Å². The Morgan fingerprint density at radius 2 is 2.37 bits per heavy atom. The quantitative estimate of drug-likeness (QED) is 0.719. The normalized spacial score (nSPS) is 10.4. The van der Waals surface area contributed by atoms with Crippen molar-refractivity contribution < 1.29 is 14.4 Å². The van der Waals surface area contributed by atoms with E-state index in [9.17, 15) is 4.79 Å². The molecule has 0 amide bonds. The van der Waals surface area contributed by atoms with Crippen molar-refractivity contribution in [2.75, 3.05) is 17.6 Å². The lowest BCUT2D eigenvalue weighted by atomic mass is 10.2. The monoisotopic (exact) mass is 263 g/mol. The molecule has 0 fully saturated rings. The zero-order chi connectivity index (χ0) is 13.8. The molecule has 2 heterocycles. The number of carboxylic acid groups (broad SMARTS) is 1. The number of nitrogen functional groups attached to an aromatic ring is 1. The molecule has 2 aromatic heterocycles. The molecule has 0 radical (unpaired) electrons. The zero-order valence-electron chi connectivity index (χ0n) is 10.3. The first-order chi connectivity index (χ1) is 9.08. The van der Waals surface area contributed by atoms with Gasteiger partial charge in [-0.05, 0) is 13.0 Å². The molecule has 19 heavy (non-hydrogen) atoms. The summed E-state index contributed by atoms with van der Waals surface area (Å²) in [7, 11) is 0. The Hall–Kier alpha value is -2.64. The van der Waals surface area contributed by atoms with Gasteiger partial charge in [-0.15, -0.1) is 0 Å². The van der Waals surface area contributed by atoms with Gasteiger partial charge in [-0.2, -0.15) is 4.98 Å². The molecule has 0 spiro atoms. The Bertz CT molecular complexity index is 596. The van der Waals surface area contributed by atoms with Gasteiger partial charge in [-0.25, -0.2) is 9.78 Å². The van der Waals surface area contributed by atoms with Crippen LogP contribution in [0.2, 0.25) is 0 Å². The van der Waals surface area contributed by atoms with Gasteiger partial charge in [0.2, 0.25) is 5.89 Å². The van der Waals surface area contributed by atoms with Gasteiger partial charge in [0.1, 0.15) is 5.82 Å². The molecule has 0 aliphatic carbocycles. The molecule has 8 heteroatoms. The highest BCUT2D eigenvalue weighted by Gasteiger charge is 2.12. The van der Waals surface area contributed by atoms with Crippen LogP contribution in [0.25, 0.3) is 0 Å². The molecule has 8 nitrogen and oxygen atoms in total. The van der Waals surface area contributed by atoms with E-state index in [1.165, 1.54) is 12.3 Å². The van der Waals surface area contributed by atoms with Crippen LogP contribution < -0.4 is 11.1 Å². The molecule has 0 atom stereocenters. The third-order valence-electron chi connectivity index (χ3n) is 2.42. The van der Waals surface area contributed by atoms with E-state index in [0.717, 1.165) is 0 Å². The summed E-state index contributed by atoms with van der Waals surface area (Å²) in [4.78, 5) is 18.9. The van der Waals surface area contributed by atoms with Gasteiger partial charge in [-0.1, -0.05) is 5.16 Å². The number of rotatable bonds is 5. The van der Waals surface area contributed by atoms with Gasteiger partial charge in [0.25, 0.3) is 0 Å². The first-order valence-electron chi connectivity index (χ1n) is 5.58. The lowest BCUT2D eigenvalue weighted by Gasteiger charge is -2.08. The Kier molecular flexibility index (Phi) is 3.60. The predicted molar refractivity (Wildman–Crippen MR) is 66.8 cm³/mol. The summed E-state index contributed by atoms with van der Waals surface area (Å²) in [5.74, 6) is 0.310. The average molecular weight is 263 g/mol. The highest BCUT2D eigenvalue weighted by molar-refractivity contribution is 5.96. The van der Waals surface area contributed by atoms with Gasteiger partial charge in [0.15, 0.2) is 5.82 Å².